The van der Waals surface area contributed by atoms with E-state index in [2.05, 4.69) is 15.0 Å². The molecule has 53 heavy (non-hydrogen) atoms. The molecule has 2 unspecified atom stereocenters. The van der Waals surface area contributed by atoms with E-state index in [4.69, 9.17) is 27.1 Å². The van der Waals surface area contributed by atoms with Crippen molar-refractivity contribution in [3.63, 3.8) is 0 Å². The van der Waals surface area contributed by atoms with Crippen LogP contribution in [-0.4, -0.2) is 92.2 Å². The molecule has 4 fully saturated rings. The zero-order valence-corrected chi connectivity index (χ0v) is 29.6. The number of amides is 1. The van der Waals surface area contributed by atoms with Crippen molar-refractivity contribution in [2.45, 2.75) is 55.9 Å². The summed E-state index contributed by atoms with van der Waals surface area (Å²) in [7, 11) is 0. The van der Waals surface area contributed by atoms with Gasteiger partial charge < -0.3 is 20.3 Å². The third-order valence-electron chi connectivity index (χ3n) is 11.2. The van der Waals surface area contributed by atoms with Crippen molar-refractivity contribution < 1.29 is 22.7 Å². The van der Waals surface area contributed by atoms with E-state index in [1.54, 1.807) is 11.0 Å². The number of thiophene rings is 1. The maximum Gasteiger partial charge on any atom is 0.345 e. The zero-order chi connectivity index (χ0) is 36.8. The van der Waals surface area contributed by atoms with Gasteiger partial charge in [0.2, 0.25) is 0 Å². The van der Waals surface area contributed by atoms with E-state index >= 15 is 4.39 Å². The van der Waals surface area contributed by atoms with Gasteiger partial charge in [0, 0.05) is 48.6 Å². The Labute approximate surface area is 309 Å². The van der Waals surface area contributed by atoms with Gasteiger partial charge in [0.05, 0.1) is 32.9 Å². The van der Waals surface area contributed by atoms with Gasteiger partial charge in [-0.15, -0.1) is 11.3 Å². The Morgan fingerprint density at radius 3 is 2.66 bits per heavy atom. The molecule has 0 aliphatic carbocycles. The van der Waals surface area contributed by atoms with Crippen LogP contribution in [-0.2, 0) is 0 Å². The first kappa shape index (κ1) is 33.7. The molecule has 2 bridgehead atoms. The molecule has 9 rings (SSSR count). The van der Waals surface area contributed by atoms with E-state index < -0.39 is 23.3 Å². The molecule has 270 valence electrons. The SMILES string of the molecule is N#Cc1ccn(C(=O)N2C3CCC2CN(c2nc(OC[C@@]45CCCN4C[C@H](F)C5)nc4c(F)c(-c5ccc(F)c6sc(N)c(C#N)c56)c(Cl)cc24)C3)n1. The summed E-state index contributed by atoms with van der Waals surface area (Å²) in [6.07, 6.45) is 3.88. The van der Waals surface area contributed by atoms with E-state index in [0.717, 1.165) is 30.7 Å². The second-order valence-corrected chi connectivity index (χ2v) is 15.6. The number of rotatable bonds is 5. The van der Waals surface area contributed by atoms with Gasteiger partial charge in [-0.3, -0.25) is 4.90 Å². The minimum atomic E-state index is -0.978. The lowest BCUT2D eigenvalue weighted by Crippen LogP contribution is -2.57. The Morgan fingerprint density at radius 1 is 1.13 bits per heavy atom. The lowest BCUT2D eigenvalue weighted by Gasteiger charge is -2.41. The molecule has 17 heteroatoms. The number of alkyl halides is 1. The van der Waals surface area contributed by atoms with E-state index in [0.29, 0.717) is 50.1 Å². The lowest BCUT2D eigenvalue weighted by molar-refractivity contribution is 0.107. The Kier molecular flexibility index (Phi) is 7.92. The van der Waals surface area contributed by atoms with Crippen LogP contribution in [0.2, 0.25) is 5.02 Å². The monoisotopic (exact) mass is 758 g/mol. The summed E-state index contributed by atoms with van der Waals surface area (Å²) in [6.45, 7) is 1.90. The van der Waals surface area contributed by atoms with Gasteiger partial charge in [0.15, 0.2) is 11.5 Å². The topological polar surface area (TPSA) is 153 Å². The van der Waals surface area contributed by atoms with Gasteiger partial charge in [0.1, 0.15) is 47.1 Å². The van der Waals surface area contributed by atoms with Gasteiger partial charge in [-0.2, -0.15) is 30.3 Å². The van der Waals surface area contributed by atoms with Crippen LogP contribution in [0.3, 0.4) is 0 Å². The normalized spacial score (nSPS) is 23.8. The quantitative estimate of drug-likeness (QED) is 0.218. The lowest BCUT2D eigenvalue weighted by atomic mass is 9.95. The van der Waals surface area contributed by atoms with Crippen molar-refractivity contribution in [2.75, 3.05) is 43.4 Å². The molecule has 4 atom stereocenters. The summed E-state index contributed by atoms with van der Waals surface area (Å²) >= 11 is 7.79. The summed E-state index contributed by atoms with van der Waals surface area (Å²) < 4.78 is 54.3. The molecule has 4 saturated heterocycles. The molecular formula is C36H30ClF3N10O2S. The van der Waals surface area contributed by atoms with Gasteiger partial charge in [-0.05, 0) is 56.0 Å². The van der Waals surface area contributed by atoms with Crippen molar-refractivity contribution in [3.8, 4) is 29.3 Å². The number of benzene rings is 2. The molecule has 12 nitrogen and oxygen atoms in total. The Morgan fingerprint density at radius 2 is 1.92 bits per heavy atom. The minimum Gasteiger partial charge on any atom is -0.461 e. The molecule has 5 aromatic rings. The molecule has 1 amide bonds. The fraction of sp³-hybridized carbons (Fsp3) is 0.389. The Bertz CT molecular complexity index is 2430. The van der Waals surface area contributed by atoms with Crippen LogP contribution in [0.5, 0.6) is 6.01 Å². The smallest absolute Gasteiger partial charge is 0.345 e. The van der Waals surface area contributed by atoms with Crippen LogP contribution in [0.15, 0.2) is 30.5 Å². The summed E-state index contributed by atoms with van der Waals surface area (Å²) in [5, 5.41) is 23.8. The average Bonchev–Trinajstić information content (AvgIpc) is 3.95. The number of carbonyl (C=O) groups excluding carboxylic acids is 1. The highest BCUT2D eigenvalue weighted by Gasteiger charge is 2.50. The highest BCUT2D eigenvalue weighted by Crippen LogP contribution is 2.47. The first-order chi connectivity index (χ1) is 25.6. The van der Waals surface area contributed by atoms with E-state index in [1.165, 1.54) is 29.1 Å². The van der Waals surface area contributed by atoms with Crippen LogP contribution in [0, 0.1) is 34.3 Å². The Balaban J connectivity index is 1.15. The molecule has 0 saturated carbocycles. The number of anilines is 2. The number of fused-ring (bicyclic) bond motifs is 5. The molecule has 3 aromatic heterocycles. The number of aromatic nitrogens is 4. The first-order valence-corrected chi connectivity index (χ1v) is 18.4. The van der Waals surface area contributed by atoms with Crippen LogP contribution in [0.1, 0.15) is 43.4 Å². The number of halogens is 4. The average molecular weight is 759 g/mol. The van der Waals surface area contributed by atoms with Crippen LogP contribution in [0.4, 0.5) is 28.8 Å². The largest absolute Gasteiger partial charge is 0.461 e. The number of nitrogen functional groups attached to an aromatic ring is 1. The van der Waals surface area contributed by atoms with Crippen molar-refractivity contribution in [3.05, 3.63) is 58.4 Å². The molecular weight excluding hydrogens is 729 g/mol. The molecule has 0 spiro atoms. The van der Waals surface area contributed by atoms with Crippen LogP contribution < -0.4 is 15.4 Å². The maximum atomic E-state index is 17.2. The molecule has 4 aliphatic rings. The Hall–Kier alpha value is -5.16. The number of carbonyl (C=O) groups is 1. The number of hydrogen-bond donors (Lipinski definition) is 1. The molecule has 2 aromatic carbocycles. The second-order valence-electron chi connectivity index (χ2n) is 14.1. The number of ether oxygens (including phenoxy) is 1. The van der Waals surface area contributed by atoms with Crippen molar-refractivity contribution in [1.82, 2.24) is 29.5 Å². The predicted octanol–water partition coefficient (Wildman–Crippen LogP) is 6.24. The van der Waals surface area contributed by atoms with Crippen molar-refractivity contribution >= 4 is 60.8 Å². The van der Waals surface area contributed by atoms with Gasteiger partial charge >= 0.3 is 12.0 Å². The van der Waals surface area contributed by atoms with Crippen LogP contribution >= 0.6 is 22.9 Å². The van der Waals surface area contributed by atoms with E-state index in [1.807, 2.05) is 17.0 Å². The number of piperazine rings is 1. The predicted molar refractivity (Wildman–Crippen MR) is 192 cm³/mol. The van der Waals surface area contributed by atoms with Gasteiger partial charge in [0.25, 0.3) is 0 Å². The zero-order valence-electron chi connectivity index (χ0n) is 28.0. The molecule has 0 radical (unpaired) electrons. The van der Waals surface area contributed by atoms with Crippen LogP contribution in [0.25, 0.3) is 32.1 Å². The standard InChI is InChI=1S/C36H30ClF3N10O2S/c37-25-10-23-30(29(40)28(25)22-4-5-26(39)31-27(22)24(13-42)32(43)53-31)44-34(52-17-36-7-1-8-48(36)14-18(38)11-36)45-33(23)47-15-20-2-3-21(16-47)50(20)35(51)49-9-6-19(12-41)46-49/h4-6,9-10,18,20-21H,1-3,7-8,11,14-17,43H2/t18-,20?,21?,36+/m1/s1. The molecule has 4 aliphatic heterocycles. The maximum absolute atomic E-state index is 17.2. The summed E-state index contributed by atoms with van der Waals surface area (Å²) in [6, 6.07) is 8.63. The fourth-order valence-electron chi connectivity index (χ4n) is 8.87. The number of nitriles is 2. The number of nitrogens with two attached hydrogens (primary N) is 1. The fourth-order valence-corrected chi connectivity index (χ4v) is 10.1. The van der Waals surface area contributed by atoms with Gasteiger partial charge in [-0.1, -0.05) is 17.7 Å². The highest BCUT2D eigenvalue weighted by molar-refractivity contribution is 7.23. The van der Waals surface area contributed by atoms with E-state index in [9.17, 15) is 24.1 Å². The molecule has 2 N–H and O–H groups in total. The summed E-state index contributed by atoms with van der Waals surface area (Å²) in [5.41, 5.74) is 5.71. The first-order valence-electron chi connectivity index (χ1n) is 17.2. The van der Waals surface area contributed by atoms with Gasteiger partial charge in [-0.25, -0.2) is 18.0 Å². The molecule has 7 heterocycles. The minimum absolute atomic E-state index is 0.0146. The van der Waals surface area contributed by atoms with E-state index in [-0.39, 0.29) is 78.7 Å². The summed E-state index contributed by atoms with van der Waals surface area (Å²) in [5.74, 6) is -1.08. The van der Waals surface area contributed by atoms with Crippen molar-refractivity contribution in [2.24, 2.45) is 0 Å². The third kappa shape index (κ3) is 5.26. The third-order valence-corrected chi connectivity index (χ3v) is 12.5. The van der Waals surface area contributed by atoms with Crippen molar-refractivity contribution in [1.29, 1.82) is 10.5 Å². The highest BCUT2D eigenvalue weighted by atomic mass is 35.5. The number of hydrogen-bond acceptors (Lipinski definition) is 11. The summed E-state index contributed by atoms with van der Waals surface area (Å²) in [4.78, 5) is 28.8. The second kappa shape index (κ2) is 12.5. The number of nitrogens with zero attached hydrogens (tertiary/aromatic N) is 9.